The Bertz CT molecular complexity index is 77.3. The van der Waals surface area contributed by atoms with Crippen LogP contribution in [0.5, 0.6) is 0 Å². The average molecular weight is 129 g/mol. The van der Waals surface area contributed by atoms with Crippen molar-refractivity contribution >= 4 is 0 Å². The van der Waals surface area contributed by atoms with Gasteiger partial charge in [0.05, 0.1) is 0 Å². The van der Waals surface area contributed by atoms with Crippen molar-refractivity contribution in [2.24, 2.45) is 5.92 Å². The summed E-state index contributed by atoms with van der Waals surface area (Å²) in [5, 5.41) is 3.49. The van der Waals surface area contributed by atoms with Crippen molar-refractivity contribution in [2.75, 3.05) is 6.54 Å². The van der Waals surface area contributed by atoms with Crippen molar-refractivity contribution in [3.8, 4) is 0 Å². The lowest BCUT2D eigenvalue weighted by Gasteiger charge is -2.11. The van der Waals surface area contributed by atoms with E-state index in [1.807, 2.05) is 0 Å². The van der Waals surface area contributed by atoms with Gasteiger partial charge >= 0.3 is 0 Å². The molecule has 0 aromatic heterocycles. The summed E-state index contributed by atoms with van der Waals surface area (Å²) in [6.45, 7) is 5.83. The van der Waals surface area contributed by atoms with Crippen LogP contribution in [-0.4, -0.2) is 12.6 Å². The van der Waals surface area contributed by atoms with E-state index in [4.69, 9.17) is 0 Å². The molecule has 0 bridgehead atoms. The molecule has 1 atom stereocenters. The Morgan fingerprint density at radius 2 is 2.44 bits per heavy atom. The van der Waals surface area contributed by atoms with Gasteiger partial charge in [0.25, 0.3) is 0 Å². The fourth-order valence-electron chi connectivity index (χ4n) is 1.53. The molecular formula is C8H19N. The van der Waals surface area contributed by atoms with Crippen molar-refractivity contribution in [2.45, 2.75) is 39.2 Å². The van der Waals surface area contributed by atoms with Crippen molar-refractivity contribution in [1.82, 2.24) is 5.32 Å². The third-order valence-corrected chi connectivity index (χ3v) is 1.92. The lowest BCUT2D eigenvalue weighted by molar-refractivity contribution is 0.464. The van der Waals surface area contributed by atoms with Gasteiger partial charge in [-0.3, -0.25) is 0 Å². The van der Waals surface area contributed by atoms with Gasteiger partial charge in [0.1, 0.15) is 0 Å². The van der Waals surface area contributed by atoms with E-state index in [0.717, 1.165) is 12.0 Å². The van der Waals surface area contributed by atoms with E-state index in [1.54, 1.807) is 0 Å². The van der Waals surface area contributed by atoms with Gasteiger partial charge in [-0.05, 0) is 31.7 Å². The van der Waals surface area contributed by atoms with Gasteiger partial charge in [0.2, 0.25) is 0 Å². The van der Waals surface area contributed by atoms with Crippen LogP contribution in [0, 0.1) is 5.92 Å². The number of hydrogen-bond acceptors (Lipinski definition) is 1. The summed E-state index contributed by atoms with van der Waals surface area (Å²) in [5.74, 6) is 0.862. The fraction of sp³-hybridized carbons (Fsp3) is 1.00. The first kappa shape index (κ1) is 7.07. The predicted molar refractivity (Wildman–Crippen MR) is 42.6 cm³/mol. The smallest absolute Gasteiger partial charge is 0.00699 e. The van der Waals surface area contributed by atoms with E-state index in [-0.39, 0.29) is 1.43 Å². The van der Waals surface area contributed by atoms with Crippen molar-refractivity contribution < 1.29 is 1.43 Å². The Labute approximate surface area is 59.3 Å². The largest absolute Gasteiger partial charge is 0.314 e. The lowest BCUT2D eigenvalue weighted by Crippen LogP contribution is -2.22. The predicted octanol–water partition coefficient (Wildman–Crippen LogP) is 2.03. The van der Waals surface area contributed by atoms with Gasteiger partial charge in [0, 0.05) is 7.47 Å². The van der Waals surface area contributed by atoms with Gasteiger partial charge in [0.15, 0.2) is 0 Å². The molecule has 1 aliphatic heterocycles. The second-order valence-corrected chi connectivity index (χ2v) is 3.42. The molecule has 9 heavy (non-hydrogen) atoms. The second kappa shape index (κ2) is 3.21. The highest BCUT2D eigenvalue weighted by Crippen LogP contribution is 2.13. The number of rotatable bonds is 2. The summed E-state index contributed by atoms with van der Waals surface area (Å²) in [5.41, 5.74) is 0. The molecule has 0 aromatic rings. The molecular weight excluding hydrogens is 110 g/mol. The molecule has 1 saturated heterocycles. The molecule has 1 nitrogen and oxygen atoms in total. The maximum absolute atomic E-state index is 3.49. The normalized spacial score (nSPS) is 27.7. The van der Waals surface area contributed by atoms with Crippen LogP contribution in [0.4, 0.5) is 0 Å². The standard InChI is InChI=1S/C8H17N.H2/c1-7(2)6-8-4-3-5-9-8;/h7-9H,3-6H2,1-2H3;1H/t8-;/m1./s1. The first-order valence-electron chi connectivity index (χ1n) is 4.02. The lowest BCUT2D eigenvalue weighted by atomic mass is 10.0. The Hall–Kier alpha value is -0.0400. The zero-order valence-electron chi connectivity index (χ0n) is 6.48. The van der Waals surface area contributed by atoms with Crippen molar-refractivity contribution in [3.63, 3.8) is 0 Å². The molecule has 1 N–H and O–H groups in total. The SMILES string of the molecule is CC(C)C[C@H]1CCCN1.[HH]. The van der Waals surface area contributed by atoms with Crippen LogP contribution in [0.15, 0.2) is 0 Å². The Kier molecular flexibility index (Phi) is 2.52. The maximum atomic E-state index is 3.49. The van der Waals surface area contributed by atoms with Crippen molar-refractivity contribution in [3.05, 3.63) is 0 Å². The van der Waals surface area contributed by atoms with E-state index >= 15 is 0 Å². The highest BCUT2D eigenvalue weighted by molar-refractivity contribution is 4.74. The van der Waals surface area contributed by atoms with E-state index in [2.05, 4.69) is 19.2 Å². The first-order valence-corrected chi connectivity index (χ1v) is 4.02. The summed E-state index contributed by atoms with van der Waals surface area (Å²) in [4.78, 5) is 0. The highest BCUT2D eigenvalue weighted by Gasteiger charge is 2.14. The van der Waals surface area contributed by atoms with E-state index in [9.17, 15) is 0 Å². The summed E-state index contributed by atoms with van der Waals surface area (Å²) >= 11 is 0. The summed E-state index contributed by atoms with van der Waals surface area (Å²) in [6, 6.07) is 0.838. The topological polar surface area (TPSA) is 12.0 Å². The second-order valence-electron chi connectivity index (χ2n) is 3.42. The molecule has 0 aliphatic carbocycles. The molecule has 0 saturated carbocycles. The van der Waals surface area contributed by atoms with E-state index in [1.165, 1.54) is 25.8 Å². The van der Waals surface area contributed by atoms with Crippen LogP contribution >= 0.6 is 0 Å². The minimum atomic E-state index is 0. The molecule has 0 amide bonds. The monoisotopic (exact) mass is 129 g/mol. The molecule has 1 heterocycles. The van der Waals surface area contributed by atoms with Crippen LogP contribution in [-0.2, 0) is 0 Å². The summed E-state index contributed by atoms with van der Waals surface area (Å²) < 4.78 is 0. The summed E-state index contributed by atoms with van der Waals surface area (Å²) in [7, 11) is 0. The quantitative estimate of drug-likeness (QED) is 0.601. The van der Waals surface area contributed by atoms with Crippen LogP contribution in [0.25, 0.3) is 0 Å². The van der Waals surface area contributed by atoms with Gasteiger partial charge in [-0.1, -0.05) is 13.8 Å². The van der Waals surface area contributed by atoms with Gasteiger partial charge in [-0.25, -0.2) is 0 Å². The molecule has 1 heteroatoms. The minimum absolute atomic E-state index is 0. The van der Waals surface area contributed by atoms with Crippen molar-refractivity contribution in [1.29, 1.82) is 0 Å². The molecule has 1 aliphatic rings. The minimum Gasteiger partial charge on any atom is -0.314 e. The number of hydrogen-bond donors (Lipinski definition) is 1. The Morgan fingerprint density at radius 1 is 1.67 bits per heavy atom. The third kappa shape index (κ3) is 2.35. The molecule has 56 valence electrons. The van der Waals surface area contributed by atoms with Crippen LogP contribution in [0.2, 0.25) is 0 Å². The first-order chi connectivity index (χ1) is 4.29. The highest BCUT2D eigenvalue weighted by atomic mass is 14.9. The Balaban J connectivity index is 0.000000810. The Morgan fingerprint density at radius 3 is 2.89 bits per heavy atom. The number of nitrogens with one attached hydrogen (secondary N) is 1. The zero-order valence-corrected chi connectivity index (χ0v) is 6.48. The van der Waals surface area contributed by atoms with Crippen LogP contribution in [0.1, 0.15) is 34.5 Å². The molecule has 1 rings (SSSR count). The van der Waals surface area contributed by atoms with Gasteiger partial charge in [-0.15, -0.1) is 0 Å². The van der Waals surface area contributed by atoms with Gasteiger partial charge < -0.3 is 5.32 Å². The molecule has 0 spiro atoms. The fourth-order valence-corrected chi connectivity index (χ4v) is 1.53. The maximum Gasteiger partial charge on any atom is 0.00699 e. The van der Waals surface area contributed by atoms with Crippen LogP contribution < -0.4 is 5.32 Å². The van der Waals surface area contributed by atoms with Crippen LogP contribution in [0.3, 0.4) is 0 Å². The zero-order chi connectivity index (χ0) is 6.69. The van der Waals surface area contributed by atoms with E-state index in [0.29, 0.717) is 0 Å². The summed E-state index contributed by atoms with van der Waals surface area (Å²) in [6.07, 6.45) is 4.15. The molecule has 0 aromatic carbocycles. The molecule has 0 unspecified atom stereocenters. The molecule has 0 radical (unpaired) electrons. The average Bonchev–Trinajstić information content (AvgIpc) is 2.15. The molecule has 1 fully saturated rings. The van der Waals surface area contributed by atoms with Gasteiger partial charge in [-0.2, -0.15) is 0 Å². The van der Waals surface area contributed by atoms with E-state index < -0.39 is 0 Å². The third-order valence-electron chi connectivity index (χ3n) is 1.92.